The Hall–Kier alpha value is -6.78. The monoisotopic (exact) mass is 637 g/mol. The van der Waals surface area contributed by atoms with E-state index in [2.05, 4.69) is 156 Å². The predicted molar refractivity (Wildman–Crippen MR) is 207 cm³/mol. The van der Waals surface area contributed by atoms with E-state index in [0.29, 0.717) is 5.95 Å². The number of fused-ring (bicyclic) bond motifs is 13. The molecule has 3 heterocycles. The van der Waals surface area contributed by atoms with Crippen LogP contribution in [0.5, 0.6) is 0 Å². The summed E-state index contributed by atoms with van der Waals surface area (Å²) in [6, 6.07) is 57.6. The highest BCUT2D eigenvalue weighted by Gasteiger charge is 2.25. The average Bonchev–Trinajstić information content (AvgIpc) is 3.75. The van der Waals surface area contributed by atoms with Gasteiger partial charge in [-0.3, -0.25) is 4.57 Å². The topological polar surface area (TPSA) is 43.9 Å². The Morgan fingerprint density at radius 3 is 1.86 bits per heavy atom. The summed E-state index contributed by atoms with van der Waals surface area (Å²) in [7, 11) is 0. The van der Waals surface area contributed by atoms with Crippen molar-refractivity contribution >= 4 is 76.2 Å². The zero-order valence-electron chi connectivity index (χ0n) is 26.8. The van der Waals surface area contributed by atoms with Crippen molar-refractivity contribution in [3.8, 4) is 28.3 Å². The van der Waals surface area contributed by atoms with Gasteiger partial charge in [-0.25, -0.2) is 9.97 Å². The lowest BCUT2D eigenvalue weighted by Crippen LogP contribution is -2.04. The fourth-order valence-corrected chi connectivity index (χ4v) is 7.96. The van der Waals surface area contributed by atoms with E-state index >= 15 is 0 Å². The van der Waals surface area contributed by atoms with E-state index in [1.54, 1.807) is 0 Å². The normalized spacial score (nSPS) is 12.0. The van der Waals surface area contributed by atoms with Gasteiger partial charge in [0.05, 0.1) is 16.7 Å². The molecule has 0 N–H and O–H groups in total. The molecule has 0 aliphatic rings. The lowest BCUT2D eigenvalue weighted by Gasteiger charge is -2.14. The SMILES string of the molecule is c1ccc(-c2ccc(-c3nc(-n4c5ccccc5c5c6ccccc6c6c7ccccc7oc6c54)nc4c3ccc3ccccc34)cc2)cc1. The fourth-order valence-electron chi connectivity index (χ4n) is 7.96. The summed E-state index contributed by atoms with van der Waals surface area (Å²) in [6.07, 6.45) is 0. The molecule has 0 unspecified atom stereocenters. The van der Waals surface area contributed by atoms with Gasteiger partial charge in [0.1, 0.15) is 11.1 Å². The molecule has 50 heavy (non-hydrogen) atoms. The molecule has 11 aromatic rings. The molecule has 0 saturated carbocycles. The van der Waals surface area contributed by atoms with Gasteiger partial charge in [0, 0.05) is 37.9 Å². The zero-order valence-corrected chi connectivity index (χ0v) is 26.8. The first-order chi connectivity index (χ1) is 24.8. The van der Waals surface area contributed by atoms with E-state index < -0.39 is 0 Å². The first-order valence-electron chi connectivity index (χ1n) is 16.9. The summed E-state index contributed by atoms with van der Waals surface area (Å²) in [5.41, 5.74) is 8.91. The van der Waals surface area contributed by atoms with Crippen molar-refractivity contribution in [2.75, 3.05) is 0 Å². The molecule has 4 heteroatoms. The summed E-state index contributed by atoms with van der Waals surface area (Å²) < 4.78 is 9.04. The zero-order chi connectivity index (χ0) is 32.8. The molecule has 11 rings (SSSR count). The summed E-state index contributed by atoms with van der Waals surface area (Å²) in [5.74, 6) is 0.610. The lowest BCUT2D eigenvalue weighted by atomic mass is 9.99. The molecular formula is C46H27N3O. The first-order valence-corrected chi connectivity index (χ1v) is 16.9. The quantitative estimate of drug-likeness (QED) is 0.181. The minimum atomic E-state index is 0.610. The fraction of sp³-hybridized carbons (Fsp3) is 0. The van der Waals surface area contributed by atoms with Crippen molar-refractivity contribution in [3.63, 3.8) is 0 Å². The van der Waals surface area contributed by atoms with E-state index in [1.807, 2.05) is 12.1 Å². The van der Waals surface area contributed by atoms with Crippen LogP contribution in [0.4, 0.5) is 0 Å². The summed E-state index contributed by atoms with van der Waals surface area (Å²) in [4.78, 5) is 10.9. The van der Waals surface area contributed by atoms with Crippen molar-refractivity contribution < 1.29 is 4.42 Å². The molecule has 0 aliphatic carbocycles. The molecule has 0 fully saturated rings. The second-order valence-corrected chi connectivity index (χ2v) is 12.9. The van der Waals surface area contributed by atoms with Crippen LogP contribution in [0, 0.1) is 0 Å². The van der Waals surface area contributed by atoms with Crippen molar-refractivity contribution in [1.29, 1.82) is 0 Å². The summed E-state index contributed by atoms with van der Waals surface area (Å²) in [5, 5.41) is 10.1. The summed E-state index contributed by atoms with van der Waals surface area (Å²) >= 11 is 0. The van der Waals surface area contributed by atoms with Gasteiger partial charge in [0.15, 0.2) is 5.58 Å². The van der Waals surface area contributed by atoms with Crippen molar-refractivity contribution in [3.05, 3.63) is 164 Å². The third-order valence-electron chi connectivity index (χ3n) is 10.2. The number of benzene rings is 8. The maximum atomic E-state index is 6.82. The maximum absolute atomic E-state index is 6.82. The van der Waals surface area contributed by atoms with Crippen molar-refractivity contribution in [2.24, 2.45) is 0 Å². The Morgan fingerprint density at radius 2 is 1.04 bits per heavy atom. The second kappa shape index (κ2) is 10.4. The van der Waals surface area contributed by atoms with Crippen LogP contribution in [0.2, 0.25) is 0 Å². The van der Waals surface area contributed by atoms with Crippen molar-refractivity contribution in [1.82, 2.24) is 14.5 Å². The van der Waals surface area contributed by atoms with Crippen LogP contribution < -0.4 is 0 Å². The minimum Gasteiger partial charge on any atom is -0.454 e. The number of furan rings is 1. The van der Waals surface area contributed by atoms with E-state index in [0.717, 1.165) is 76.7 Å². The minimum absolute atomic E-state index is 0.610. The van der Waals surface area contributed by atoms with E-state index in [9.17, 15) is 0 Å². The van der Waals surface area contributed by atoms with Gasteiger partial charge in [-0.2, -0.15) is 0 Å². The van der Waals surface area contributed by atoms with E-state index in [1.165, 1.54) is 21.9 Å². The Kier molecular flexibility index (Phi) is 5.63. The predicted octanol–water partition coefficient (Wildman–Crippen LogP) is 12.3. The smallest absolute Gasteiger partial charge is 0.235 e. The molecule has 0 amide bonds. The van der Waals surface area contributed by atoms with Crippen LogP contribution in [0.15, 0.2) is 168 Å². The highest BCUT2D eigenvalue weighted by atomic mass is 16.3. The highest BCUT2D eigenvalue weighted by Crippen LogP contribution is 2.45. The third-order valence-corrected chi connectivity index (χ3v) is 10.2. The molecule has 4 nitrogen and oxygen atoms in total. The number of para-hydroxylation sites is 2. The van der Waals surface area contributed by atoms with Gasteiger partial charge in [-0.1, -0.05) is 146 Å². The molecule has 0 spiro atoms. The van der Waals surface area contributed by atoms with Crippen LogP contribution in [-0.2, 0) is 0 Å². The van der Waals surface area contributed by atoms with Gasteiger partial charge in [-0.05, 0) is 45.5 Å². The van der Waals surface area contributed by atoms with Gasteiger partial charge in [0.25, 0.3) is 0 Å². The lowest BCUT2D eigenvalue weighted by molar-refractivity contribution is 0.671. The molecular weight excluding hydrogens is 611 g/mol. The van der Waals surface area contributed by atoms with E-state index in [-0.39, 0.29) is 0 Å². The average molecular weight is 638 g/mol. The number of rotatable bonds is 3. The van der Waals surface area contributed by atoms with Crippen LogP contribution >= 0.6 is 0 Å². The van der Waals surface area contributed by atoms with Crippen LogP contribution in [0.25, 0.3) is 105 Å². The molecule has 0 aliphatic heterocycles. The number of hydrogen-bond acceptors (Lipinski definition) is 3. The Labute approximate surface area is 286 Å². The molecule has 0 radical (unpaired) electrons. The van der Waals surface area contributed by atoms with Gasteiger partial charge < -0.3 is 4.42 Å². The van der Waals surface area contributed by atoms with Gasteiger partial charge in [-0.15, -0.1) is 0 Å². The van der Waals surface area contributed by atoms with Crippen LogP contribution in [-0.4, -0.2) is 14.5 Å². The number of aromatic nitrogens is 3. The molecule has 232 valence electrons. The van der Waals surface area contributed by atoms with Crippen molar-refractivity contribution in [2.45, 2.75) is 0 Å². The molecule has 3 aromatic heterocycles. The molecule has 0 saturated heterocycles. The largest absolute Gasteiger partial charge is 0.454 e. The van der Waals surface area contributed by atoms with Crippen LogP contribution in [0.1, 0.15) is 0 Å². The van der Waals surface area contributed by atoms with E-state index in [4.69, 9.17) is 14.4 Å². The Balaban J connectivity index is 1.30. The molecule has 0 atom stereocenters. The summed E-state index contributed by atoms with van der Waals surface area (Å²) in [6.45, 7) is 0. The Morgan fingerprint density at radius 1 is 0.420 bits per heavy atom. The number of nitrogens with zero attached hydrogens (tertiary/aromatic N) is 3. The highest BCUT2D eigenvalue weighted by molar-refractivity contribution is 6.35. The number of hydrogen-bond donors (Lipinski definition) is 0. The molecule has 8 aromatic carbocycles. The van der Waals surface area contributed by atoms with Crippen LogP contribution in [0.3, 0.4) is 0 Å². The Bertz CT molecular complexity index is 3140. The molecule has 0 bridgehead atoms. The maximum Gasteiger partial charge on any atom is 0.235 e. The second-order valence-electron chi connectivity index (χ2n) is 12.9. The third kappa shape index (κ3) is 3.81. The van der Waals surface area contributed by atoms with Gasteiger partial charge in [0.2, 0.25) is 5.95 Å². The van der Waals surface area contributed by atoms with Gasteiger partial charge >= 0.3 is 0 Å². The standard InChI is InChI=1S/C46H27N3O/c1-2-12-28(13-3-1)29-22-24-31(25-23-29)42-37-27-26-30-14-4-5-15-32(30)43(37)48-46(47-42)49-38-20-10-8-18-35(38)40-33-16-6-7-17-34(33)41-36-19-9-11-21-39(36)50-45(41)44(40)49/h1-27H. The first kappa shape index (κ1) is 27.2.